The Balaban J connectivity index is 1.99. The number of nitrogens with zero attached hydrogens (tertiary/aromatic N) is 1. The first-order chi connectivity index (χ1) is 12.4. The molecule has 0 unspecified atom stereocenters. The molecule has 0 fully saturated rings. The van der Waals surface area contributed by atoms with Gasteiger partial charge in [0.2, 0.25) is 0 Å². The van der Waals surface area contributed by atoms with Crippen LogP contribution < -0.4 is 4.74 Å². The van der Waals surface area contributed by atoms with Crippen LogP contribution in [0.5, 0.6) is 5.75 Å². The molecule has 0 aliphatic rings. The topological polar surface area (TPSA) is 57.5 Å². The van der Waals surface area contributed by atoms with Crippen molar-refractivity contribution in [3.05, 3.63) is 63.8 Å². The second-order valence-corrected chi connectivity index (χ2v) is 6.73. The minimum atomic E-state index is -0.462. The van der Waals surface area contributed by atoms with Gasteiger partial charge in [-0.15, -0.1) is 0 Å². The van der Waals surface area contributed by atoms with Gasteiger partial charge in [0.25, 0.3) is 0 Å². The second-order valence-electron chi connectivity index (χ2n) is 5.82. The average molecular weight is 416 g/mol. The molecule has 0 bridgehead atoms. The van der Waals surface area contributed by atoms with Gasteiger partial charge in [-0.2, -0.15) is 0 Å². The fraction of sp³-hybridized carbons (Fsp3) is 0.200. The lowest BCUT2D eigenvalue weighted by molar-refractivity contribution is 0.0527. The number of rotatable bonds is 4. The summed E-state index contributed by atoms with van der Waals surface area (Å²) in [5.41, 5.74) is 2.60. The van der Waals surface area contributed by atoms with Crippen LogP contribution in [0.4, 0.5) is 0 Å². The normalized spacial score (nSPS) is 10.8. The molecule has 0 amide bonds. The van der Waals surface area contributed by atoms with Gasteiger partial charge in [-0.3, -0.25) is 0 Å². The molecule has 0 aliphatic carbocycles. The number of hydrogen-bond donors (Lipinski definition) is 0. The summed E-state index contributed by atoms with van der Waals surface area (Å²) >= 11 is 3.34. The van der Waals surface area contributed by atoms with E-state index in [1.54, 1.807) is 37.3 Å². The van der Waals surface area contributed by atoms with Gasteiger partial charge < -0.3 is 14.0 Å². The van der Waals surface area contributed by atoms with Crippen molar-refractivity contribution >= 4 is 38.8 Å². The summed E-state index contributed by atoms with van der Waals surface area (Å²) < 4.78 is 13.4. The van der Waals surface area contributed by atoms with E-state index in [1.807, 2.05) is 30.7 Å². The smallest absolute Gasteiger partial charge is 0.343 e. The van der Waals surface area contributed by atoms with Crippen LogP contribution in [0.1, 0.15) is 33.3 Å². The van der Waals surface area contributed by atoms with E-state index >= 15 is 0 Å². The van der Waals surface area contributed by atoms with Crippen molar-refractivity contribution in [1.82, 2.24) is 4.57 Å². The van der Waals surface area contributed by atoms with E-state index in [9.17, 15) is 9.59 Å². The number of hydrogen-bond acceptors (Lipinski definition) is 4. The maximum absolute atomic E-state index is 12.4. The monoisotopic (exact) mass is 415 g/mol. The van der Waals surface area contributed by atoms with Gasteiger partial charge in [0, 0.05) is 28.1 Å². The number of esters is 2. The number of ether oxygens (including phenoxy) is 2. The molecule has 0 radical (unpaired) electrons. The summed E-state index contributed by atoms with van der Waals surface area (Å²) in [6.07, 6.45) is 0. The Kier molecular flexibility index (Phi) is 5.13. The predicted molar refractivity (Wildman–Crippen MR) is 103 cm³/mol. The number of aryl methyl sites for hydroxylation is 1. The molecule has 0 saturated heterocycles. The minimum Gasteiger partial charge on any atom is -0.462 e. The number of fused-ring (bicyclic) bond motifs is 1. The van der Waals surface area contributed by atoms with Gasteiger partial charge in [0.05, 0.1) is 17.7 Å². The molecule has 0 N–H and O–H groups in total. The molecule has 2 aromatic carbocycles. The van der Waals surface area contributed by atoms with E-state index in [2.05, 4.69) is 15.9 Å². The van der Waals surface area contributed by atoms with E-state index < -0.39 is 5.97 Å². The molecule has 0 saturated carbocycles. The van der Waals surface area contributed by atoms with Gasteiger partial charge in [-0.25, -0.2) is 9.59 Å². The zero-order valence-electron chi connectivity index (χ0n) is 14.7. The minimum absolute atomic E-state index is 0.298. The van der Waals surface area contributed by atoms with Crippen LogP contribution in [0.3, 0.4) is 0 Å². The molecule has 1 heterocycles. The number of carbonyl (C=O) groups is 2. The van der Waals surface area contributed by atoms with Crippen LogP contribution in [0.2, 0.25) is 0 Å². The lowest BCUT2D eigenvalue weighted by atomic mass is 10.1. The molecule has 1 aromatic heterocycles. The summed E-state index contributed by atoms with van der Waals surface area (Å²) in [5.74, 6) is -0.472. The van der Waals surface area contributed by atoms with Crippen LogP contribution in [-0.4, -0.2) is 23.1 Å². The number of halogens is 1. The van der Waals surface area contributed by atoms with Gasteiger partial charge >= 0.3 is 11.9 Å². The molecule has 134 valence electrons. The quantitative estimate of drug-likeness (QED) is 0.459. The van der Waals surface area contributed by atoms with Gasteiger partial charge in [-0.05, 0) is 50.2 Å². The van der Waals surface area contributed by atoms with Crippen molar-refractivity contribution in [1.29, 1.82) is 0 Å². The first-order valence-corrected chi connectivity index (χ1v) is 8.95. The Labute approximate surface area is 159 Å². The Bertz CT molecular complexity index is 1010. The Morgan fingerprint density at radius 1 is 1.12 bits per heavy atom. The SMILES string of the molecule is CCOC(=O)c1c(C)n(C)c2ccc(OC(=O)c3cccc(Br)c3)cc12. The number of benzene rings is 2. The standard InChI is InChI=1S/C20H18BrNO4/c1-4-25-20(24)18-12(2)22(3)17-9-8-15(11-16(17)18)26-19(23)13-6-5-7-14(21)10-13/h5-11H,4H2,1-3H3. The summed E-state index contributed by atoms with van der Waals surface area (Å²) in [5, 5.41) is 0.697. The summed E-state index contributed by atoms with van der Waals surface area (Å²) in [6, 6.07) is 12.2. The third kappa shape index (κ3) is 3.37. The molecule has 26 heavy (non-hydrogen) atoms. The van der Waals surface area contributed by atoms with Gasteiger partial charge in [0.1, 0.15) is 5.75 Å². The fourth-order valence-electron chi connectivity index (χ4n) is 2.86. The first-order valence-electron chi connectivity index (χ1n) is 8.16. The van der Waals surface area contributed by atoms with E-state index in [0.29, 0.717) is 28.9 Å². The molecule has 0 atom stereocenters. The zero-order valence-corrected chi connectivity index (χ0v) is 16.3. The number of aromatic nitrogens is 1. The Morgan fingerprint density at radius 2 is 1.88 bits per heavy atom. The maximum atomic E-state index is 12.4. The average Bonchev–Trinajstić information content (AvgIpc) is 2.85. The van der Waals surface area contributed by atoms with Crippen molar-refractivity contribution in [3.8, 4) is 5.75 Å². The highest BCUT2D eigenvalue weighted by atomic mass is 79.9. The largest absolute Gasteiger partial charge is 0.462 e. The third-order valence-electron chi connectivity index (χ3n) is 4.21. The summed E-state index contributed by atoms with van der Waals surface area (Å²) in [4.78, 5) is 24.7. The Hall–Kier alpha value is -2.60. The molecule has 0 aliphatic heterocycles. The van der Waals surface area contributed by atoms with Gasteiger partial charge in [0.15, 0.2) is 0 Å². The van der Waals surface area contributed by atoms with E-state index in [1.165, 1.54) is 0 Å². The lowest BCUT2D eigenvalue weighted by Gasteiger charge is -2.06. The highest BCUT2D eigenvalue weighted by Crippen LogP contribution is 2.29. The van der Waals surface area contributed by atoms with Crippen molar-refractivity contribution in [2.24, 2.45) is 7.05 Å². The molecule has 6 heteroatoms. The van der Waals surface area contributed by atoms with Crippen molar-refractivity contribution in [2.75, 3.05) is 6.61 Å². The summed E-state index contributed by atoms with van der Waals surface area (Å²) in [6.45, 7) is 3.93. The maximum Gasteiger partial charge on any atom is 0.343 e. The van der Waals surface area contributed by atoms with Crippen LogP contribution in [-0.2, 0) is 11.8 Å². The molecular weight excluding hydrogens is 398 g/mol. The fourth-order valence-corrected chi connectivity index (χ4v) is 3.26. The highest BCUT2D eigenvalue weighted by Gasteiger charge is 2.20. The van der Waals surface area contributed by atoms with E-state index in [-0.39, 0.29) is 5.97 Å². The highest BCUT2D eigenvalue weighted by molar-refractivity contribution is 9.10. The first kappa shape index (κ1) is 18.2. The van der Waals surface area contributed by atoms with Crippen LogP contribution in [0, 0.1) is 6.92 Å². The summed E-state index contributed by atoms with van der Waals surface area (Å²) in [7, 11) is 1.88. The second kappa shape index (κ2) is 7.33. The van der Waals surface area contributed by atoms with Crippen LogP contribution in [0.25, 0.3) is 10.9 Å². The lowest BCUT2D eigenvalue weighted by Crippen LogP contribution is -2.08. The van der Waals surface area contributed by atoms with Crippen molar-refractivity contribution in [2.45, 2.75) is 13.8 Å². The van der Waals surface area contributed by atoms with E-state index in [0.717, 1.165) is 15.7 Å². The van der Waals surface area contributed by atoms with Crippen molar-refractivity contribution < 1.29 is 19.1 Å². The zero-order chi connectivity index (χ0) is 18.8. The van der Waals surface area contributed by atoms with Crippen molar-refractivity contribution in [3.63, 3.8) is 0 Å². The molecule has 0 spiro atoms. The number of carbonyl (C=O) groups excluding carboxylic acids is 2. The van der Waals surface area contributed by atoms with Gasteiger partial charge in [-0.1, -0.05) is 22.0 Å². The molecule has 3 rings (SSSR count). The predicted octanol–water partition coefficient (Wildman–Crippen LogP) is 4.65. The van der Waals surface area contributed by atoms with Crippen LogP contribution in [0.15, 0.2) is 46.9 Å². The van der Waals surface area contributed by atoms with Crippen LogP contribution >= 0.6 is 15.9 Å². The molecule has 5 nitrogen and oxygen atoms in total. The Morgan fingerprint density at radius 3 is 2.58 bits per heavy atom. The van der Waals surface area contributed by atoms with E-state index in [4.69, 9.17) is 9.47 Å². The third-order valence-corrected chi connectivity index (χ3v) is 4.71. The molecule has 3 aromatic rings. The molecular formula is C20H18BrNO4.